The number of benzene rings is 2. The first-order chi connectivity index (χ1) is 19.7. The first-order valence-corrected chi connectivity index (χ1v) is 12.9. The van der Waals surface area contributed by atoms with Gasteiger partial charge < -0.3 is 14.8 Å². The first-order valence-electron chi connectivity index (χ1n) is 12.9. The van der Waals surface area contributed by atoms with Gasteiger partial charge in [-0.05, 0) is 50.0 Å². The molecule has 208 valence electrons. The van der Waals surface area contributed by atoms with E-state index in [4.69, 9.17) is 4.98 Å². The fourth-order valence-electron chi connectivity index (χ4n) is 4.49. The molecule has 0 atom stereocenters. The van der Waals surface area contributed by atoms with Crippen LogP contribution in [0.5, 0.6) is 0 Å². The molecule has 0 saturated carbocycles. The Kier molecular flexibility index (Phi) is 7.85. The molecule has 0 bridgehead atoms. The monoisotopic (exact) mass is 555 g/mol. The standard InChI is InChI=1S/C30H27F2N7O2/c1-37(2)12-10-27-36-26-16-35-25-9-7-19(13-21(25)28(26)38(27)3)5-4-11-34-29(40)22-15-33-18-39(30(22)41)17-20-6-8-23(31)24(32)14-20/h6-9,13-16,18H,10-12,17H2,1-3H3,(H,34,40). The van der Waals surface area contributed by atoms with Crippen molar-refractivity contribution in [2.45, 2.75) is 13.0 Å². The average Bonchev–Trinajstić information content (AvgIpc) is 3.28. The van der Waals surface area contributed by atoms with Crippen molar-refractivity contribution in [1.82, 2.24) is 34.3 Å². The largest absolute Gasteiger partial charge is 0.341 e. The fraction of sp³-hybridized carbons (Fsp3) is 0.233. The molecule has 2 aromatic carbocycles. The average molecular weight is 556 g/mol. The number of pyridine rings is 1. The summed E-state index contributed by atoms with van der Waals surface area (Å²) < 4.78 is 30.0. The molecule has 1 amide bonds. The minimum Gasteiger partial charge on any atom is -0.341 e. The van der Waals surface area contributed by atoms with Crippen molar-refractivity contribution in [2.75, 3.05) is 27.2 Å². The molecule has 9 nitrogen and oxygen atoms in total. The SMILES string of the molecule is CN(C)CCc1nc2cnc3ccc(C#CCNC(=O)c4cncn(Cc5ccc(F)c(F)c5)c4=O)cc3c2n1C. The highest BCUT2D eigenvalue weighted by Crippen LogP contribution is 2.25. The van der Waals surface area contributed by atoms with Crippen molar-refractivity contribution in [3.05, 3.63) is 99.6 Å². The van der Waals surface area contributed by atoms with Crippen LogP contribution in [0.1, 0.15) is 27.3 Å². The third kappa shape index (κ3) is 5.97. The molecule has 0 aliphatic carbocycles. The summed E-state index contributed by atoms with van der Waals surface area (Å²) in [5, 5.41) is 3.55. The molecule has 1 N–H and O–H groups in total. The lowest BCUT2D eigenvalue weighted by atomic mass is 10.1. The summed E-state index contributed by atoms with van der Waals surface area (Å²) in [4.78, 5) is 40.8. The summed E-state index contributed by atoms with van der Waals surface area (Å²) in [6, 6.07) is 9.05. The number of likely N-dealkylation sites (N-methyl/N-ethyl adjacent to an activating group) is 1. The number of carbonyl (C=O) groups is 1. The third-order valence-electron chi connectivity index (χ3n) is 6.63. The maximum atomic E-state index is 13.5. The second-order valence-electron chi connectivity index (χ2n) is 9.84. The van der Waals surface area contributed by atoms with Crippen LogP contribution in [0.3, 0.4) is 0 Å². The molecule has 5 rings (SSSR count). The summed E-state index contributed by atoms with van der Waals surface area (Å²) in [5.41, 5.74) is 2.94. The molecular weight excluding hydrogens is 528 g/mol. The molecule has 3 aromatic heterocycles. The zero-order chi connectivity index (χ0) is 29.1. The van der Waals surface area contributed by atoms with E-state index < -0.39 is 23.1 Å². The smallest absolute Gasteiger partial charge is 0.266 e. The molecule has 0 aliphatic heterocycles. The number of carbonyl (C=O) groups excluding carboxylic acids is 1. The van der Waals surface area contributed by atoms with Gasteiger partial charge in [-0.1, -0.05) is 17.9 Å². The predicted octanol–water partition coefficient (Wildman–Crippen LogP) is 2.89. The molecule has 3 heterocycles. The van der Waals surface area contributed by atoms with E-state index >= 15 is 0 Å². The van der Waals surface area contributed by atoms with Gasteiger partial charge in [0.1, 0.15) is 16.9 Å². The van der Waals surface area contributed by atoms with Crippen LogP contribution in [0.4, 0.5) is 8.78 Å². The Balaban J connectivity index is 1.30. The quantitative estimate of drug-likeness (QED) is 0.310. The van der Waals surface area contributed by atoms with Crippen molar-refractivity contribution in [2.24, 2.45) is 7.05 Å². The Labute approximate surface area is 234 Å². The molecular formula is C30H27F2N7O2. The third-order valence-corrected chi connectivity index (χ3v) is 6.63. The molecule has 11 heteroatoms. The van der Waals surface area contributed by atoms with E-state index in [9.17, 15) is 18.4 Å². The number of rotatable bonds is 7. The summed E-state index contributed by atoms with van der Waals surface area (Å²) in [5.74, 6) is 4.30. The highest BCUT2D eigenvalue weighted by atomic mass is 19.2. The van der Waals surface area contributed by atoms with Gasteiger partial charge in [0.15, 0.2) is 11.6 Å². The molecule has 0 fully saturated rings. The number of nitrogens with zero attached hydrogens (tertiary/aromatic N) is 6. The number of hydrogen-bond acceptors (Lipinski definition) is 6. The fourth-order valence-corrected chi connectivity index (χ4v) is 4.49. The van der Waals surface area contributed by atoms with Crippen LogP contribution in [-0.4, -0.2) is 62.1 Å². The first kappa shape index (κ1) is 27.6. The summed E-state index contributed by atoms with van der Waals surface area (Å²) >= 11 is 0. The number of aryl methyl sites for hydroxylation is 1. The van der Waals surface area contributed by atoms with Crippen molar-refractivity contribution in [3.8, 4) is 11.8 Å². The Bertz CT molecular complexity index is 1900. The second kappa shape index (κ2) is 11.7. The molecule has 5 aromatic rings. The Morgan fingerprint density at radius 2 is 1.90 bits per heavy atom. The van der Waals surface area contributed by atoms with Gasteiger partial charge in [0.2, 0.25) is 0 Å². The topological polar surface area (TPSA) is 97.9 Å². The summed E-state index contributed by atoms with van der Waals surface area (Å²) in [6.07, 6.45) is 4.99. The van der Waals surface area contributed by atoms with Crippen LogP contribution in [0.2, 0.25) is 0 Å². The van der Waals surface area contributed by atoms with Crippen LogP contribution in [-0.2, 0) is 20.0 Å². The minimum atomic E-state index is -1.02. The maximum Gasteiger partial charge on any atom is 0.266 e. The van der Waals surface area contributed by atoms with Crippen LogP contribution >= 0.6 is 0 Å². The van der Waals surface area contributed by atoms with E-state index in [-0.39, 0.29) is 18.7 Å². The van der Waals surface area contributed by atoms with Gasteiger partial charge in [-0.2, -0.15) is 0 Å². The van der Waals surface area contributed by atoms with Gasteiger partial charge in [0, 0.05) is 37.2 Å². The highest BCUT2D eigenvalue weighted by Gasteiger charge is 2.14. The molecule has 0 spiro atoms. The zero-order valence-electron chi connectivity index (χ0n) is 22.8. The molecule has 0 saturated heterocycles. The maximum absolute atomic E-state index is 13.5. The normalized spacial score (nSPS) is 11.2. The minimum absolute atomic E-state index is 0.00276. The van der Waals surface area contributed by atoms with Crippen LogP contribution < -0.4 is 10.9 Å². The molecule has 0 unspecified atom stereocenters. The van der Waals surface area contributed by atoms with Crippen LogP contribution in [0.25, 0.3) is 21.9 Å². The number of halogens is 2. The number of hydrogen-bond donors (Lipinski definition) is 1. The molecule has 0 radical (unpaired) electrons. The van der Waals surface area contributed by atoms with E-state index in [1.165, 1.54) is 12.4 Å². The van der Waals surface area contributed by atoms with Gasteiger partial charge in [0.05, 0.1) is 36.6 Å². The Morgan fingerprint density at radius 3 is 2.68 bits per heavy atom. The van der Waals surface area contributed by atoms with Crippen LogP contribution in [0, 0.1) is 23.5 Å². The van der Waals surface area contributed by atoms with E-state index in [2.05, 4.69) is 36.6 Å². The van der Waals surface area contributed by atoms with E-state index in [0.29, 0.717) is 5.56 Å². The van der Waals surface area contributed by atoms with Crippen molar-refractivity contribution in [3.63, 3.8) is 0 Å². The van der Waals surface area contributed by atoms with Gasteiger partial charge in [-0.3, -0.25) is 19.1 Å². The Morgan fingerprint density at radius 1 is 1.07 bits per heavy atom. The lowest BCUT2D eigenvalue weighted by Gasteiger charge is -2.09. The van der Waals surface area contributed by atoms with Crippen molar-refractivity contribution < 1.29 is 13.6 Å². The zero-order valence-corrected chi connectivity index (χ0v) is 22.8. The lowest BCUT2D eigenvalue weighted by molar-refractivity contribution is 0.0956. The molecule has 41 heavy (non-hydrogen) atoms. The van der Waals surface area contributed by atoms with Gasteiger partial charge in [-0.25, -0.2) is 18.7 Å². The van der Waals surface area contributed by atoms with E-state index in [1.54, 1.807) is 6.20 Å². The Hall–Kier alpha value is -4.95. The number of amides is 1. The number of imidazole rings is 1. The van der Waals surface area contributed by atoms with Crippen molar-refractivity contribution in [1.29, 1.82) is 0 Å². The van der Waals surface area contributed by atoms with Crippen molar-refractivity contribution >= 4 is 27.8 Å². The number of fused-ring (bicyclic) bond motifs is 3. The van der Waals surface area contributed by atoms with Crippen LogP contribution in [0.15, 0.2) is 59.9 Å². The van der Waals surface area contributed by atoms with Gasteiger partial charge in [0.25, 0.3) is 11.5 Å². The van der Waals surface area contributed by atoms with Gasteiger partial charge >= 0.3 is 0 Å². The summed E-state index contributed by atoms with van der Waals surface area (Å²) in [7, 11) is 6.05. The highest BCUT2D eigenvalue weighted by molar-refractivity contribution is 6.02. The molecule has 0 aliphatic rings. The lowest BCUT2D eigenvalue weighted by Crippen LogP contribution is -2.33. The summed E-state index contributed by atoms with van der Waals surface area (Å²) in [6.45, 7) is 0.811. The van der Waals surface area contributed by atoms with E-state index in [0.717, 1.165) is 69.2 Å². The number of nitrogens with one attached hydrogen (secondary N) is 1. The predicted molar refractivity (Wildman–Crippen MR) is 151 cm³/mol. The van der Waals surface area contributed by atoms with Gasteiger partial charge in [-0.15, -0.1) is 0 Å². The second-order valence-corrected chi connectivity index (χ2v) is 9.84. The van der Waals surface area contributed by atoms with E-state index in [1.807, 2.05) is 39.3 Å². The number of aromatic nitrogens is 5.